The average Bonchev–Trinajstić information content (AvgIpc) is 2.72. The zero-order chi connectivity index (χ0) is 9.42. The van der Waals surface area contributed by atoms with E-state index in [1.54, 1.807) is 7.05 Å². The minimum absolute atomic E-state index is 0.0171. The summed E-state index contributed by atoms with van der Waals surface area (Å²) in [4.78, 5) is 13.4. The Morgan fingerprint density at radius 1 is 1.62 bits per heavy atom. The van der Waals surface area contributed by atoms with Gasteiger partial charge in [-0.25, -0.2) is 4.79 Å². The van der Waals surface area contributed by atoms with Crippen LogP contribution in [0.2, 0.25) is 0 Å². The SMILES string of the molecule is CNC(=O)N1C2CCC1C(CO)C2. The van der Waals surface area contributed by atoms with Crippen LogP contribution in [0.25, 0.3) is 0 Å². The fourth-order valence-corrected chi connectivity index (χ4v) is 2.75. The molecule has 2 amide bonds. The van der Waals surface area contributed by atoms with Gasteiger partial charge in [0.2, 0.25) is 0 Å². The molecule has 4 nitrogen and oxygen atoms in total. The van der Waals surface area contributed by atoms with Crippen molar-refractivity contribution in [3.05, 3.63) is 0 Å². The largest absolute Gasteiger partial charge is 0.396 e. The minimum Gasteiger partial charge on any atom is -0.396 e. The molecule has 2 bridgehead atoms. The molecule has 2 fully saturated rings. The van der Waals surface area contributed by atoms with Gasteiger partial charge in [0.15, 0.2) is 0 Å². The van der Waals surface area contributed by atoms with Gasteiger partial charge in [-0.1, -0.05) is 0 Å². The van der Waals surface area contributed by atoms with Gasteiger partial charge in [0.05, 0.1) is 0 Å². The summed E-state index contributed by atoms with van der Waals surface area (Å²) < 4.78 is 0. The molecule has 0 spiro atoms. The number of nitrogens with zero attached hydrogens (tertiary/aromatic N) is 1. The van der Waals surface area contributed by atoms with Gasteiger partial charge in [-0.2, -0.15) is 0 Å². The molecule has 0 aliphatic carbocycles. The number of amides is 2. The van der Waals surface area contributed by atoms with Crippen molar-refractivity contribution < 1.29 is 9.90 Å². The second kappa shape index (κ2) is 3.18. The van der Waals surface area contributed by atoms with Crippen LogP contribution in [0, 0.1) is 5.92 Å². The van der Waals surface area contributed by atoms with Crippen molar-refractivity contribution in [1.82, 2.24) is 10.2 Å². The van der Waals surface area contributed by atoms with Crippen LogP contribution in [0.1, 0.15) is 19.3 Å². The average molecular weight is 184 g/mol. The zero-order valence-corrected chi connectivity index (χ0v) is 7.86. The number of urea groups is 1. The molecule has 4 heteroatoms. The fraction of sp³-hybridized carbons (Fsp3) is 0.889. The molecule has 0 aromatic heterocycles. The third-order valence-corrected chi connectivity index (χ3v) is 3.35. The lowest BCUT2D eigenvalue weighted by atomic mass is 9.90. The van der Waals surface area contributed by atoms with Gasteiger partial charge in [-0.15, -0.1) is 0 Å². The van der Waals surface area contributed by atoms with E-state index in [1.165, 1.54) is 0 Å². The van der Waals surface area contributed by atoms with Crippen LogP contribution in [-0.4, -0.2) is 41.8 Å². The molecule has 3 unspecified atom stereocenters. The normalized spacial score (nSPS) is 36.8. The molecule has 2 rings (SSSR count). The number of fused-ring (bicyclic) bond motifs is 2. The van der Waals surface area contributed by atoms with Crippen molar-refractivity contribution in [2.75, 3.05) is 13.7 Å². The molecule has 2 heterocycles. The van der Waals surface area contributed by atoms with E-state index in [0.29, 0.717) is 12.0 Å². The maximum atomic E-state index is 11.5. The first-order valence-electron chi connectivity index (χ1n) is 4.88. The molecule has 0 saturated carbocycles. The van der Waals surface area contributed by atoms with Crippen LogP contribution in [0.3, 0.4) is 0 Å². The number of hydrogen-bond acceptors (Lipinski definition) is 2. The number of rotatable bonds is 1. The Kier molecular flexibility index (Phi) is 2.15. The molecular weight excluding hydrogens is 168 g/mol. The summed E-state index contributed by atoms with van der Waals surface area (Å²) in [6.45, 7) is 0.217. The van der Waals surface area contributed by atoms with Crippen LogP contribution in [-0.2, 0) is 0 Å². The molecule has 2 aliphatic heterocycles. The molecule has 2 N–H and O–H groups in total. The molecule has 0 radical (unpaired) electrons. The van der Waals surface area contributed by atoms with E-state index in [-0.39, 0.29) is 18.7 Å². The smallest absolute Gasteiger partial charge is 0.317 e. The summed E-state index contributed by atoms with van der Waals surface area (Å²) in [5.41, 5.74) is 0. The molecule has 3 atom stereocenters. The van der Waals surface area contributed by atoms with Gasteiger partial charge < -0.3 is 15.3 Å². The van der Waals surface area contributed by atoms with Crippen LogP contribution >= 0.6 is 0 Å². The molecular formula is C9H16N2O2. The Labute approximate surface area is 77.9 Å². The zero-order valence-electron chi connectivity index (χ0n) is 7.86. The predicted octanol–water partition coefficient (Wildman–Crippen LogP) is 0.171. The van der Waals surface area contributed by atoms with Gasteiger partial charge in [0.25, 0.3) is 0 Å². The fourth-order valence-electron chi connectivity index (χ4n) is 2.75. The van der Waals surface area contributed by atoms with E-state index in [0.717, 1.165) is 19.3 Å². The number of carbonyl (C=O) groups is 1. The van der Waals surface area contributed by atoms with Crippen LogP contribution in [0.4, 0.5) is 4.79 Å². The summed E-state index contributed by atoms with van der Waals surface area (Å²) in [7, 11) is 1.66. The van der Waals surface area contributed by atoms with Gasteiger partial charge in [-0.3, -0.25) is 0 Å². The lowest BCUT2D eigenvalue weighted by Gasteiger charge is -2.22. The summed E-state index contributed by atoms with van der Waals surface area (Å²) >= 11 is 0. The Hall–Kier alpha value is -0.770. The standard InChI is InChI=1S/C9H16N2O2/c1-10-9(13)11-7-2-3-8(11)6(4-7)5-12/h6-8,12H,2-5H2,1H3,(H,10,13). The van der Waals surface area contributed by atoms with E-state index in [9.17, 15) is 4.79 Å². The van der Waals surface area contributed by atoms with Gasteiger partial charge in [0.1, 0.15) is 0 Å². The monoisotopic (exact) mass is 184 g/mol. The molecule has 2 saturated heterocycles. The predicted molar refractivity (Wildman–Crippen MR) is 48.3 cm³/mol. The first kappa shape index (κ1) is 8.81. The third-order valence-electron chi connectivity index (χ3n) is 3.35. The second-order valence-corrected chi connectivity index (χ2v) is 3.94. The highest BCUT2D eigenvalue weighted by Gasteiger charge is 2.47. The van der Waals surface area contributed by atoms with E-state index >= 15 is 0 Å². The summed E-state index contributed by atoms with van der Waals surface area (Å²) in [5, 5.41) is 11.8. The van der Waals surface area contributed by atoms with Crippen LogP contribution in [0.5, 0.6) is 0 Å². The lowest BCUT2D eigenvalue weighted by Crippen LogP contribution is -2.42. The third kappa shape index (κ3) is 1.20. The molecule has 0 aromatic carbocycles. The first-order valence-corrected chi connectivity index (χ1v) is 4.88. The van der Waals surface area contributed by atoms with E-state index in [2.05, 4.69) is 5.32 Å². The number of nitrogens with one attached hydrogen (secondary N) is 1. The number of aliphatic hydroxyl groups excluding tert-OH is 1. The highest BCUT2D eigenvalue weighted by Crippen LogP contribution is 2.41. The maximum Gasteiger partial charge on any atom is 0.317 e. The van der Waals surface area contributed by atoms with E-state index in [4.69, 9.17) is 5.11 Å². The Morgan fingerprint density at radius 3 is 2.92 bits per heavy atom. The number of aliphatic hydroxyl groups is 1. The Bertz CT molecular complexity index is 220. The lowest BCUT2D eigenvalue weighted by molar-refractivity contribution is 0.170. The molecule has 74 valence electrons. The minimum atomic E-state index is 0.0171. The molecule has 13 heavy (non-hydrogen) atoms. The topological polar surface area (TPSA) is 52.6 Å². The first-order chi connectivity index (χ1) is 6.27. The van der Waals surface area contributed by atoms with Gasteiger partial charge in [-0.05, 0) is 19.3 Å². The van der Waals surface area contributed by atoms with E-state index < -0.39 is 0 Å². The quantitative estimate of drug-likeness (QED) is 0.610. The van der Waals surface area contributed by atoms with Crippen molar-refractivity contribution in [3.63, 3.8) is 0 Å². The molecule has 0 aromatic rings. The van der Waals surface area contributed by atoms with Crippen LogP contribution < -0.4 is 5.32 Å². The van der Waals surface area contributed by atoms with E-state index in [1.807, 2.05) is 4.90 Å². The maximum absolute atomic E-state index is 11.5. The highest BCUT2D eigenvalue weighted by molar-refractivity contribution is 5.75. The van der Waals surface area contributed by atoms with Crippen molar-refractivity contribution >= 4 is 6.03 Å². The Morgan fingerprint density at radius 2 is 2.38 bits per heavy atom. The summed E-state index contributed by atoms with van der Waals surface area (Å²) in [6.07, 6.45) is 3.15. The molecule has 2 aliphatic rings. The van der Waals surface area contributed by atoms with Crippen LogP contribution in [0.15, 0.2) is 0 Å². The Balaban J connectivity index is 2.10. The summed E-state index contributed by atoms with van der Waals surface area (Å²) in [5.74, 6) is 0.316. The highest BCUT2D eigenvalue weighted by atomic mass is 16.3. The van der Waals surface area contributed by atoms with Gasteiger partial charge in [0, 0.05) is 31.7 Å². The second-order valence-electron chi connectivity index (χ2n) is 3.94. The van der Waals surface area contributed by atoms with Crippen molar-refractivity contribution in [2.24, 2.45) is 5.92 Å². The van der Waals surface area contributed by atoms with Gasteiger partial charge >= 0.3 is 6.03 Å². The van der Waals surface area contributed by atoms with Crippen molar-refractivity contribution in [2.45, 2.75) is 31.3 Å². The number of carbonyl (C=O) groups excluding carboxylic acids is 1. The summed E-state index contributed by atoms with van der Waals surface area (Å²) in [6, 6.07) is 0.681. The van der Waals surface area contributed by atoms with Crippen molar-refractivity contribution in [1.29, 1.82) is 0 Å². The van der Waals surface area contributed by atoms with Crippen molar-refractivity contribution in [3.8, 4) is 0 Å². The number of hydrogen-bond donors (Lipinski definition) is 2.